The summed E-state index contributed by atoms with van der Waals surface area (Å²) in [5.74, 6) is 0.897. The molecular weight excluding hydrogens is 228 g/mol. The van der Waals surface area contributed by atoms with Crippen molar-refractivity contribution in [3.8, 4) is 0 Å². The van der Waals surface area contributed by atoms with E-state index < -0.39 is 0 Å². The molecule has 1 unspecified atom stereocenters. The van der Waals surface area contributed by atoms with Gasteiger partial charge in [0.15, 0.2) is 0 Å². The summed E-state index contributed by atoms with van der Waals surface area (Å²) >= 11 is 6.56. The molecule has 1 aromatic carbocycles. The van der Waals surface area contributed by atoms with Gasteiger partial charge in [-0.1, -0.05) is 37.5 Å². The van der Waals surface area contributed by atoms with E-state index in [4.69, 9.17) is 11.6 Å². The summed E-state index contributed by atoms with van der Waals surface area (Å²) < 4.78 is 0. The minimum atomic E-state index is 0.243. The van der Waals surface area contributed by atoms with Gasteiger partial charge < -0.3 is 0 Å². The summed E-state index contributed by atoms with van der Waals surface area (Å²) in [6, 6.07) is 6.96. The third-order valence-electron chi connectivity index (χ3n) is 4.50. The molecule has 1 heteroatoms. The predicted molar refractivity (Wildman–Crippen MR) is 73.6 cm³/mol. The quantitative estimate of drug-likeness (QED) is 0.658. The SMILES string of the molecule is ClC(CC1CCC1)c1ccc2c(c1)CCCC2. The molecule has 1 saturated carbocycles. The highest BCUT2D eigenvalue weighted by molar-refractivity contribution is 6.20. The molecule has 0 radical (unpaired) electrons. The van der Waals surface area contributed by atoms with Crippen LogP contribution in [0.4, 0.5) is 0 Å². The lowest BCUT2D eigenvalue weighted by molar-refractivity contribution is 0.293. The Morgan fingerprint density at radius 3 is 2.53 bits per heavy atom. The highest BCUT2D eigenvalue weighted by Crippen LogP contribution is 2.38. The molecule has 2 aliphatic rings. The highest BCUT2D eigenvalue weighted by atomic mass is 35.5. The van der Waals surface area contributed by atoms with Crippen molar-refractivity contribution in [2.75, 3.05) is 0 Å². The second kappa shape index (κ2) is 5.02. The molecule has 0 aromatic heterocycles. The monoisotopic (exact) mass is 248 g/mol. The molecule has 0 amide bonds. The Kier molecular flexibility index (Phi) is 3.42. The van der Waals surface area contributed by atoms with E-state index in [2.05, 4.69) is 18.2 Å². The minimum absolute atomic E-state index is 0.243. The van der Waals surface area contributed by atoms with Gasteiger partial charge in [-0.25, -0.2) is 0 Å². The van der Waals surface area contributed by atoms with Crippen LogP contribution in [0.2, 0.25) is 0 Å². The average Bonchev–Trinajstić information content (AvgIpc) is 2.33. The van der Waals surface area contributed by atoms with Gasteiger partial charge in [0.2, 0.25) is 0 Å². The van der Waals surface area contributed by atoms with Crippen LogP contribution < -0.4 is 0 Å². The van der Waals surface area contributed by atoms with E-state index in [1.807, 2.05) is 0 Å². The maximum atomic E-state index is 6.56. The van der Waals surface area contributed by atoms with Gasteiger partial charge >= 0.3 is 0 Å². The van der Waals surface area contributed by atoms with Crippen LogP contribution in [0.1, 0.15) is 60.6 Å². The predicted octanol–water partition coefficient (Wildman–Crippen LogP) is 5.04. The van der Waals surface area contributed by atoms with Crippen LogP contribution in [0.5, 0.6) is 0 Å². The zero-order valence-electron chi connectivity index (χ0n) is 10.4. The van der Waals surface area contributed by atoms with E-state index in [0.29, 0.717) is 0 Å². The van der Waals surface area contributed by atoms with E-state index >= 15 is 0 Å². The third-order valence-corrected chi connectivity index (χ3v) is 4.93. The lowest BCUT2D eigenvalue weighted by Gasteiger charge is -2.28. The molecule has 17 heavy (non-hydrogen) atoms. The van der Waals surface area contributed by atoms with Crippen molar-refractivity contribution in [2.24, 2.45) is 5.92 Å². The largest absolute Gasteiger partial charge is 0.118 e. The molecule has 0 N–H and O–H groups in total. The van der Waals surface area contributed by atoms with Crippen molar-refractivity contribution in [3.05, 3.63) is 34.9 Å². The molecule has 0 bridgehead atoms. The molecular formula is C16H21Cl. The Bertz CT molecular complexity index is 393. The van der Waals surface area contributed by atoms with E-state index in [0.717, 1.165) is 5.92 Å². The lowest BCUT2D eigenvalue weighted by Crippen LogP contribution is -2.13. The molecule has 2 aliphatic carbocycles. The molecule has 0 nitrogen and oxygen atoms in total. The van der Waals surface area contributed by atoms with E-state index in [-0.39, 0.29) is 5.38 Å². The Morgan fingerprint density at radius 2 is 1.82 bits per heavy atom. The van der Waals surface area contributed by atoms with Gasteiger partial charge in [0.1, 0.15) is 0 Å². The van der Waals surface area contributed by atoms with Crippen LogP contribution in [0, 0.1) is 5.92 Å². The van der Waals surface area contributed by atoms with Gasteiger partial charge in [-0.3, -0.25) is 0 Å². The van der Waals surface area contributed by atoms with E-state index in [1.54, 1.807) is 11.1 Å². The van der Waals surface area contributed by atoms with Crippen LogP contribution in [0.3, 0.4) is 0 Å². The Labute approximate surface area is 109 Å². The summed E-state index contributed by atoms with van der Waals surface area (Å²) in [6.45, 7) is 0. The minimum Gasteiger partial charge on any atom is -0.118 e. The van der Waals surface area contributed by atoms with Gasteiger partial charge in [0, 0.05) is 0 Å². The fraction of sp³-hybridized carbons (Fsp3) is 0.625. The van der Waals surface area contributed by atoms with Gasteiger partial charge in [0.25, 0.3) is 0 Å². The van der Waals surface area contributed by atoms with Crippen LogP contribution in [-0.4, -0.2) is 0 Å². The molecule has 0 spiro atoms. The molecule has 0 heterocycles. The van der Waals surface area contributed by atoms with Gasteiger partial charge in [0.05, 0.1) is 5.38 Å². The maximum absolute atomic E-state index is 6.56. The van der Waals surface area contributed by atoms with Crippen molar-refractivity contribution < 1.29 is 0 Å². The lowest BCUT2D eigenvalue weighted by atomic mass is 9.80. The van der Waals surface area contributed by atoms with E-state index in [9.17, 15) is 0 Å². The fourth-order valence-electron chi connectivity index (χ4n) is 3.11. The van der Waals surface area contributed by atoms with Crippen molar-refractivity contribution >= 4 is 11.6 Å². The number of halogens is 1. The molecule has 1 fully saturated rings. The first-order chi connectivity index (χ1) is 8.33. The molecule has 3 rings (SSSR count). The van der Waals surface area contributed by atoms with Crippen LogP contribution in [0.25, 0.3) is 0 Å². The first-order valence-electron chi connectivity index (χ1n) is 7.09. The van der Waals surface area contributed by atoms with Crippen molar-refractivity contribution in [1.82, 2.24) is 0 Å². The summed E-state index contributed by atoms with van der Waals surface area (Å²) in [5.41, 5.74) is 4.49. The summed E-state index contributed by atoms with van der Waals surface area (Å²) in [7, 11) is 0. The Balaban J connectivity index is 1.73. The van der Waals surface area contributed by atoms with Crippen molar-refractivity contribution in [3.63, 3.8) is 0 Å². The third kappa shape index (κ3) is 2.52. The van der Waals surface area contributed by atoms with Crippen LogP contribution >= 0.6 is 11.6 Å². The van der Waals surface area contributed by atoms with Crippen LogP contribution in [0.15, 0.2) is 18.2 Å². The second-order valence-electron chi connectivity index (χ2n) is 5.74. The summed E-state index contributed by atoms with van der Waals surface area (Å²) in [4.78, 5) is 0. The van der Waals surface area contributed by atoms with Gasteiger partial charge in [-0.05, 0) is 54.7 Å². The molecule has 92 valence electrons. The smallest absolute Gasteiger partial charge is 0.0588 e. The van der Waals surface area contributed by atoms with Gasteiger partial charge in [-0.2, -0.15) is 0 Å². The zero-order valence-corrected chi connectivity index (χ0v) is 11.2. The number of alkyl halides is 1. The number of hydrogen-bond acceptors (Lipinski definition) is 0. The molecule has 1 atom stereocenters. The van der Waals surface area contributed by atoms with E-state index in [1.165, 1.54) is 56.9 Å². The number of hydrogen-bond donors (Lipinski definition) is 0. The zero-order chi connectivity index (χ0) is 11.7. The second-order valence-corrected chi connectivity index (χ2v) is 6.26. The maximum Gasteiger partial charge on any atom is 0.0588 e. The number of aryl methyl sites for hydroxylation is 2. The average molecular weight is 249 g/mol. The first-order valence-corrected chi connectivity index (χ1v) is 7.52. The molecule has 0 saturated heterocycles. The fourth-order valence-corrected chi connectivity index (χ4v) is 3.49. The molecule has 1 aromatic rings. The number of fused-ring (bicyclic) bond motifs is 1. The van der Waals surface area contributed by atoms with Gasteiger partial charge in [-0.15, -0.1) is 11.6 Å². The summed E-state index contributed by atoms with van der Waals surface area (Å²) in [5, 5.41) is 0.243. The molecule has 0 aliphatic heterocycles. The standard InChI is InChI=1S/C16H21Cl/c17-16(10-12-4-3-5-12)15-9-8-13-6-1-2-7-14(13)11-15/h8-9,11-12,16H,1-7,10H2. The number of benzene rings is 1. The normalized spacial score (nSPS) is 21.7. The Hall–Kier alpha value is -0.490. The topological polar surface area (TPSA) is 0 Å². The summed E-state index contributed by atoms with van der Waals surface area (Å²) in [6.07, 6.45) is 10.6. The highest BCUT2D eigenvalue weighted by Gasteiger charge is 2.22. The van der Waals surface area contributed by atoms with Crippen molar-refractivity contribution in [2.45, 2.75) is 56.7 Å². The first kappa shape index (κ1) is 11.6. The van der Waals surface area contributed by atoms with Crippen molar-refractivity contribution in [1.29, 1.82) is 0 Å². The van der Waals surface area contributed by atoms with Crippen LogP contribution in [-0.2, 0) is 12.8 Å². The Morgan fingerprint density at radius 1 is 1.06 bits per heavy atom. The number of rotatable bonds is 3.